The zero-order valence-electron chi connectivity index (χ0n) is 11.1. The predicted molar refractivity (Wildman–Crippen MR) is 72.9 cm³/mol. The first-order valence-corrected chi connectivity index (χ1v) is 6.63. The maximum Gasteiger partial charge on any atom is 0.0434 e. The minimum Gasteiger partial charge on any atom is -0.396 e. The van der Waals surface area contributed by atoms with Crippen molar-refractivity contribution >= 4 is 0 Å². The molecule has 2 heteroatoms. The second-order valence-electron chi connectivity index (χ2n) is 4.84. The van der Waals surface area contributed by atoms with Gasteiger partial charge in [0.2, 0.25) is 0 Å². The second kappa shape index (κ2) is 8.26. The molecule has 0 aliphatic carbocycles. The Morgan fingerprint density at radius 3 is 2.53 bits per heavy atom. The van der Waals surface area contributed by atoms with Crippen LogP contribution >= 0.6 is 0 Å². The fraction of sp³-hybridized carbons (Fsp3) is 0.600. The van der Waals surface area contributed by atoms with Gasteiger partial charge in [-0.25, -0.2) is 0 Å². The Labute approximate surface area is 105 Å². The lowest BCUT2D eigenvalue weighted by molar-refractivity contribution is 0.197. The molecule has 1 rings (SSSR count). The van der Waals surface area contributed by atoms with Gasteiger partial charge in [0, 0.05) is 19.7 Å². The highest BCUT2D eigenvalue weighted by Gasteiger charge is 2.09. The molecule has 0 amide bonds. The van der Waals surface area contributed by atoms with Crippen LogP contribution in [0.15, 0.2) is 30.3 Å². The van der Waals surface area contributed by atoms with E-state index in [-0.39, 0.29) is 0 Å². The molecule has 0 radical (unpaired) electrons. The van der Waals surface area contributed by atoms with E-state index in [4.69, 9.17) is 5.11 Å². The van der Waals surface area contributed by atoms with Crippen LogP contribution in [0.4, 0.5) is 0 Å². The van der Waals surface area contributed by atoms with E-state index in [9.17, 15) is 0 Å². The van der Waals surface area contributed by atoms with E-state index in [1.54, 1.807) is 0 Å². The van der Waals surface area contributed by atoms with Crippen LogP contribution < -0.4 is 0 Å². The highest BCUT2D eigenvalue weighted by Crippen LogP contribution is 2.10. The molecule has 0 fully saturated rings. The normalized spacial score (nSPS) is 12.9. The van der Waals surface area contributed by atoms with Crippen molar-refractivity contribution in [2.24, 2.45) is 5.92 Å². The molecule has 0 unspecified atom stereocenters. The minimum atomic E-state index is 0.298. The van der Waals surface area contributed by atoms with Gasteiger partial charge in [-0.3, -0.25) is 4.90 Å². The molecule has 1 aromatic rings. The predicted octanol–water partition coefficient (Wildman–Crippen LogP) is 2.92. The lowest BCUT2D eigenvalue weighted by Crippen LogP contribution is -2.29. The first-order chi connectivity index (χ1) is 8.26. The lowest BCUT2D eigenvalue weighted by atomic mass is 10.1. The smallest absolute Gasteiger partial charge is 0.0434 e. The van der Waals surface area contributed by atoms with Crippen LogP contribution in [0.2, 0.25) is 0 Å². The molecule has 0 saturated heterocycles. The van der Waals surface area contributed by atoms with Gasteiger partial charge in [-0.15, -0.1) is 0 Å². The van der Waals surface area contributed by atoms with Crippen molar-refractivity contribution in [1.82, 2.24) is 4.90 Å². The Hall–Kier alpha value is -0.860. The summed E-state index contributed by atoms with van der Waals surface area (Å²) in [4.78, 5) is 2.48. The standard InChI is InChI=1S/C15H25NO/c1-3-10-16(12-14(2)9-11-17)13-15-7-5-4-6-8-15/h4-8,14,17H,3,9-13H2,1-2H3/t14-/m1/s1. The number of aliphatic hydroxyl groups excluding tert-OH is 1. The number of nitrogens with zero attached hydrogens (tertiary/aromatic N) is 1. The molecule has 0 aliphatic rings. The molecule has 1 N–H and O–H groups in total. The Bertz CT molecular complexity index is 286. The van der Waals surface area contributed by atoms with Crippen molar-refractivity contribution < 1.29 is 5.11 Å². The van der Waals surface area contributed by atoms with Gasteiger partial charge in [0.05, 0.1) is 0 Å². The van der Waals surface area contributed by atoms with E-state index >= 15 is 0 Å². The third-order valence-corrected chi connectivity index (χ3v) is 2.98. The van der Waals surface area contributed by atoms with E-state index in [2.05, 4.69) is 49.1 Å². The van der Waals surface area contributed by atoms with Gasteiger partial charge in [0.15, 0.2) is 0 Å². The molecule has 0 bridgehead atoms. The number of hydrogen-bond donors (Lipinski definition) is 1. The number of rotatable bonds is 8. The quantitative estimate of drug-likeness (QED) is 0.749. The topological polar surface area (TPSA) is 23.5 Å². The van der Waals surface area contributed by atoms with Gasteiger partial charge in [-0.05, 0) is 30.9 Å². The van der Waals surface area contributed by atoms with Crippen molar-refractivity contribution in [3.8, 4) is 0 Å². The number of aliphatic hydroxyl groups is 1. The summed E-state index contributed by atoms with van der Waals surface area (Å²) < 4.78 is 0. The summed E-state index contributed by atoms with van der Waals surface area (Å²) in [6, 6.07) is 10.6. The molecule has 1 aromatic carbocycles. The summed E-state index contributed by atoms with van der Waals surface area (Å²) in [6.07, 6.45) is 2.08. The van der Waals surface area contributed by atoms with Crippen LogP contribution in [0, 0.1) is 5.92 Å². The van der Waals surface area contributed by atoms with E-state index in [1.807, 2.05) is 0 Å². The van der Waals surface area contributed by atoms with Crippen LogP contribution in [0.1, 0.15) is 32.3 Å². The van der Waals surface area contributed by atoms with E-state index in [0.717, 1.165) is 26.1 Å². The van der Waals surface area contributed by atoms with E-state index in [1.165, 1.54) is 12.0 Å². The van der Waals surface area contributed by atoms with Gasteiger partial charge in [0.25, 0.3) is 0 Å². The van der Waals surface area contributed by atoms with Crippen LogP contribution in [0.5, 0.6) is 0 Å². The molecule has 0 aliphatic heterocycles. The molecule has 0 aromatic heterocycles. The summed E-state index contributed by atoms with van der Waals surface area (Å²) in [7, 11) is 0. The van der Waals surface area contributed by atoms with Crippen LogP contribution in [0.25, 0.3) is 0 Å². The zero-order valence-corrected chi connectivity index (χ0v) is 11.1. The van der Waals surface area contributed by atoms with Crippen LogP contribution in [-0.2, 0) is 6.54 Å². The first kappa shape index (κ1) is 14.2. The maximum absolute atomic E-state index is 8.95. The average molecular weight is 235 g/mol. The monoisotopic (exact) mass is 235 g/mol. The summed E-state index contributed by atoms with van der Waals surface area (Å²) >= 11 is 0. The Morgan fingerprint density at radius 1 is 1.24 bits per heavy atom. The summed E-state index contributed by atoms with van der Waals surface area (Å²) in [5.74, 6) is 0.565. The maximum atomic E-state index is 8.95. The lowest BCUT2D eigenvalue weighted by Gasteiger charge is -2.25. The van der Waals surface area contributed by atoms with Crippen molar-refractivity contribution in [2.75, 3.05) is 19.7 Å². The van der Waals surface area contributed by atoms with Crippen molar-refractivity contribution in [2.45, 2.75) is 33.2 Å². The largest absolute Gasteiger partial charge is 0.396 e. The minimum absolute atomic E-state index is 0.298. The van der Waals surface area contributed by atoms with Crippen molar-refractivity contribution in [1.29, 1.82) is 0 Å². The molecular weight excluding hydrogens is 210 g/mol. The fourth-order valence-electron chi connectivity index (χ4n) is 2.15. The van der Waals surface area contributed by atoms with Gasteiger partial charge >= 0.3 is 0 Å². The molecule has 0 heterocycles. The molecular formula is C15H25NO. The number of hydrogen-bond acceptors (Lipinski definition) is 2. The number of benzene rings is 1. The van der Waals surface area contributed by atoms with Crippen LogP contribution in [-0.4, -0.2) is 29.7 Å². The summed E-state index contributed by atoms with van der Waals surface area (Å²) in [6.45, 7) is 7.95. The Balaban J connectivity index is 2.48. The van der Waals surface area contributed by atoms with Gasteiger partial charge in [0.1, 0.15) is 0 Å². The van der Waals surface area contributed by atoms with Crippen molar-refractivity contribution in [3.63, 3.8) is 0 Å². The second-order valence-corrected chi connectivity index (χ2v) is 4.84. The third kappa shape index (κ3) is 5.85. The van der Waals surface area contributed by atoms with Gasteiger partial charge in [-0.2, -0.15) is 0 Å². The molecule has 17 heavy (non-hydrogen) atoms. The summed E-state index contributed by atoms with van der Waals surface area (Å²) in [5.41, 5.74) is 1.37. The van der Waals surface area contributed by atoms with Crippen molar-refractivity contribution in [3.05, 3.63) is 35.9 Å². The van der Waals surface area contributed by atoms with Gasteiger partial charge < -0.3 is 5.11 Å². The average Bonchev–Trinajstić information content (AvgIpc) is 2.31. The molecule has 0 spiro atoms. The molecule has 2 nitrogen and oxygen atoms in total. The van der Waals surface area contributed by atoms with Gasteiger partial charge in [-0.1, -0.05) is 44.2 Å². The van der Waals surface area contributed by atoms with E-state index < -0.39 is 0 Å². The highest BCUT2D eigenvalue weighted by atomic mass is 16.3. The summed E-state index contributed by atoms with van der Waals surface area (Å²) in [5, 5.41) is 8.95. The molecule has 96 valence electrons. The highest BCUT2D eigenvalue weighted by molar-refractivity contribution is 5.14. The Kier molecular flexibility index (Phi) is 6.90. The molecule has 1 atom stereocenters. The third-order valence-electron chi connectivity index (χ3n) is 2.98. The first-order valence-electron chi connectivity index (χ1n) is 6.63. The zero-order chi connectivity index (χ0) is 12.5. The SMILES string of the molecule is CCCN(Cc1ccccc1)C[C@H](C)CCO. The van der Waals surface area contributed by atoms with E-state index in [0.29, 0.717) is 12.5 Å². The molecule has 0 saturated carbocycles. The van der Waals surface area contributed by atoms with Crippen LogP contribution in [0.3, 0.4) is 0 Å². The Morgan fingerprint density at radius 2 is 1.94 bits per heavy atom. The fourth-order valence-corrected chi connectivity index (χ4v) is 2.15.